The van der Waals surface area contributed by atoms with E-state index in [1.165, 1.54) is 6.07 Å². The van der Waals surface area contributed by atoms with E-state index in [4.69, 9.17) is 0 Å². The first kappa shape index (κ1) is 14.3. The lowest BCUT2D eigenvalue weighted by atomic mass is 10.1. The molecule has 1 aliphatic rings. The standard InChI is InChI=1S/C15H17BrFNO/c1-2-10-18(11-6-3-4-7-11)15(19)12-8-5-9-13(16)14(12)17/h2,5,8-9,11H,1,3-4,6-7,10H2. The maximum atomic E-state index is 14.0. The number of carbonyl (C=O) groups excluding carboxylic acids is 1. The fourth-order valence-corrected chi connectivity index (χ4v) is 2.94. The Bertz CT molecular complexity index is 483. The largest absolute Gasteiger partial charge is 0.332 e. The first-order valence-corrected chi connectivity index (χ1v) is 7.30. The van der Waals surface area contributed by atoms with Crippen molar-refractivity contribution in [1.29, 1.82) is 0 Å². The second-order valence-electron chi connectivity index (χ2n) is 4.79. The van der Waals surface area contributed by atoms with Crippen molar-refractivity contribution in [2.24, 2.45) is 0 Å². The minimum Gasteiger partial charge on any atom is -0.332 e. The molecule has 0 aromatic heterocycles. The van der Waals surface area contributed by atoms with Crippen molar-refractivity contribution in [3.8, 4) is 0 Å². The lowest BCUT2D eigenvalue weighted by Gasteiger charge is -2.28. The molecule has 4 heteroatoms. The number of hydrogen-bond acceptors (Lipinski definition) is 1. The highest BCUT2D eigenvalue weighted by atomic mass is 79.9. The summed E-state index contributed by atoms with van der Waals surface area (Å²) in [5.74, 6) is -0.731. The molecule has 1 fully saturated rings. The van der Waals surface area contributed by atoms with Crippen molar-refractivity contribution in [2.75, 3.05) is 6.54 Å². The summed E-state index contributed by atoms with van der Waals surface area (Å²) < 4.78 is 14.3. The molecular weight excluding hydrogens is 309 g/mol. The molecule has 0 unspecified atom stereocenters. The predicted molar refractivity (Wildman–Crippen MR) is 77.6 cm³/mol. The first-order valence-electron chi connectivity index (χ1n) is 6.51. The van der Waals surface area contributed by atoms with Gasteiger partial charge in [-0.1, -0.05) is 25.0 Å². The van der Waals surface area contributed by atoms with Crippen LogP contribution in [-0.2, 0) is 0 Å². The molecule has 0 radical (unpaired) electrons. The van der Waals surface area contributed by atoms with Crippen LogP contribution in [0.2, 0.25) is 0 Å². The van der Waals surface area contributed by atoms with E-state index >= 15 is 0 Å². The Morgan fingerprint density at radius 1 is 1.47 bits per heavy atom. The smallest absolute Gasteiger partial charge is 0.257 e. The lowest BCUT2D eigenvalue weighted by molar-refractivity contribution is 0.0701. The van der Waals surface area contributed by atoms with Crippen molar-refractivity contribution < 1.29 is 9.18 Å². The first-order chi connectivity index (χ1) is 9.15. The average Bonchev–Trinajstić information content (AvgIpc) is 2.92. The predicted octanol–water partition coefficient (Wildman–Crippen LogP) is 4.16. The summed E-state index contributed by atoms with van der Waals surface area (Å²) in [6, 6.07) is 5.03. The molecule has 0 saturated heterocycles. The molecule has 0 spiro atoms. The van der Waals surface area contributed by atoms with Crippen LogP contribution in [0.4, 0.5) is 4.39 Å². The molecule has 2 rings (SSSR count). The van der Waals surface area contributed by atoms with Gasteiger partial charge in [0.25, 0.3) is 5.91 Å². The van der Waals surface area contributed by atoms with Crippen LogP contribution in [0.15, 0.2) is 35.3 Å². The van der Waals surface area contributed by atoms with Crippen LogP contribution in [0, 0.1) is 5.82 Å². The van der Waals surface area contributed by atoms with E-state index in [-0.39, 0.29) is 17.5 Å². The molecule has 19 heavy (non-hydrogen) atoms. The summed E-state index contributed by atoms with van der Waals surface area (Å²) in [5.41, 5.74) is 0.128. The van der Waals surface area contributed by atoms with Crippen LogP contribution in [0.1, 0.15) is 36.0 Å². The molecule has 0 heterocycles. The van der Waals surface area contributed by atoms with Crippen LogP contribution in [0.5, 0.6) is 0 Å². The second kappa shape index (κ2) is 6.33. The highest BCUT2D eigenvalue weighted by molar-refractivity contribution is 9.10. The number of halogens is 2. The minimum absolute atomic E-state index is 0.128. The molecular formula is C15H17BrFNO. The fraction of sp³-hybridized carbons (Fsp3) is 0.400. The van der Waals surface area contributed by atoms with E-state index < -0.39 is 5.82 Å². The fourth-order valence-electron chi connectivity index (χ4n) is 2.58. The van der Waals surface area contributed by atoms with Gasteiger partial charge < -0.3 is 4.90 Å². The molecule has 0 N–H and O–H groups in total. The zero-order valence-corrected chi connectivity index (χ0v) is 12.3. The zero-order chi connectivity index (χ0) is 13.8. The van der Waals surface area contributed by atoms with Crippen molar-refractivity contribution in [3.05, 3.63) is 46.7 Å². The average molecular weight is 326 g/mol. The Morgan fingerprint density at radius 3 is 2.79 bits per heavy atom. The van der Waals surface area contributed by atoms with E-state index in [0.29, 0.717) is 11.0 Å². The van der Waals surface area contributed by atoms with Gasteiger partial charge in [-0.2, -0.15) is 0 Å². The maximum Gasteiger partial charge on any atom is 0.257 e. The summed E-state index contributed by atoms with van der Waals surface area (Å²) in [6.07, 6.45) is 5.95. The Morgan fingerprint density at radius 2 is 2.16 bits per heavy atom. The third-order valence-corrected chi connectivity index (χ3v) is 4.15. The Hall–Kier alpha value is -1.16. The maximum absolute atomic E-state index is 14.0. The van der Waals surface area contributed by atoms with E-state index in [2.05, 4.69) is 22.5 Å². The van der Waals surface area contributed by atoms with Gasteiger partial charge in [-0.05, 0) is 40.9 Å². The minimum atomic E-state index is -0.487. The molecule has 1 aromatic rings. The molecule has 1 saturated carbocycles. The van der Waals surface area contributed by atoms with Crippen molar-refractivity contribution in [1.82, 2.24) is 4.90 Å². The quantitative estimate of drug-likeness (QED) is 0.761. The molecule has 1 aliphatic carbocycles. The van der Waals surface area contributed by atoms with Gasteiger partial charge in [0.1, 0.15) is 5.82 Å². The Kier molecular flexibility index (Phi) is 4.75. The van der Waals surface area contributed by atoms with Gasteiger partial charge in [-0.15, -0.1) is 6.58 Å². The van der Waals surface area contributed by atoms with Crippen LogP contribution >= 0.6 is 15.9 Å². The number of amides is 1. The van der Waals surface area contributed by atoms with Crippen LogP contribution in [0.25, 0.3) is 0 Å². The van der Waals surface area contributed by atoms with Gasteiger partial charge in [-0.25, -0.2) is 4.39 Å². The summed E-state index contributed by atoms with van der Waals surface area (Å²) in [5, 5.41) is 0. The summed E-state index contributed by atoms with van der Waals surface area (Å²) in [7, 11) is 0. The Labute approximate surface area is 121 Å². The number of rotatable bonds is 4. The molecule has 0 bridgehead atoms. The monoisotopic (exact) mass is 325 g/mol. The number of benzene rings is 1. The van der Waals surface area contributed by atoms with Crippen molar-refractivity contribution >= 4 is 21.8 Å². The van der Waals surface area contributed by atoms with Crippen LogP contribution < -0.4 is 0 Å². The third kappa shape index (κ3) is 3.06. The van der Waals surface area contributed by atoms with E-state index in [1.807, 2.05) is 0 Å². The van der Waals surface area contributed by atoms with E-state index in [9.17, 15) is 9.18 Å². The van der Waals surface area contributed by atoms with Gasteiger partial charge in [0.15, 0.2) is 0 Å². The van der Waals surface area contributed by atoms with Crippen molar-refractivity contribution in [2.45, 2.75) is 31.7 Å². The topological polar surface area (TPSA) is 20.3 Å². The molecule has 1 aromatic carbocycles. The van der Waals surface area contributed by atoms with Gasteiger partial charge in [0, 0.05) is 12.6 Å². The van der Waals surface area contributed by atoms with Gasteiger partial charge in [0.2, 0.25) is 0 Å². The normalized spacial score (nSPS) is 15.5. The van der Waals surface area contributed by atoms with Gasteiger partial charge >= 0.3 is 0 Å². The number of nitrogens with zero attached hydrogens (tertiary/aromatic N) is 1. The molecule has 0 aliphatic heterocycles. The molecule has 102 valence electrons. The molecule has 1 amide bonds. The summed E-state index contributed by atoms with van der Waals surface area (Å²) in [4.78, 5) is 14.3. The highest BCUT2D eigenvalue weighted by Gasteiger charge is 2.28. The molecule has 2 nitrogen and oxygen atoms in total. The lowest BCUT2D eigenvalue weighted by Crippen LogP contribution is -2.39. The molecule has 0 atom stereocenters. The SMILES string of the molecule is C=CCN(C(=O)c1cccc(Br)c1F)C1CCCC1. The number of carbonyl (C=O) groups is 1. The third-order valence-electron chi connectivity index (χ3n) is 3.53. The summed E-state index contributed by atoms with van der Waals surface area (Å²) >= 11 is 3.12. The summed E-state index contributed by atoms with van der Waals surface area (Å²) in [6.45, 7) is 4.16. The van der Waals surface area contributed by atoms with Gasteiger partial charge in [-0.3, -0.25) is 4.79 Å². The Balaban J connectivity index is 2.28. The number of hydrogen-bond donors (Lipinski definition) is 0. The van der Waals surface area contributed by atoms with E-state index in [0.717, 1.165) is 25.7 Å². The van der Waals surface area contributed by atoms with Gasteiger partial charge in [0.05, 0.1) is 10.0 Å². The zero-order valence-electron chi connectivity index (χ0n) is 10.7. The second-order valence-corrected chi connectivity index (χ2v) is 5.64. The van der Waals surface area contributed by atoms with Crippen LogP contribution in [0.3, 0.4) is 0 Å². The van der Waals surface area contributed by atoms with Crippen molar-refractivity contribution in [3.63, 3.8) is 0 Å². The highest BCUT2D eigenvalue weighted by Crippen LogP contribution is 2.26. The van der Waals surface area contributed by atoms with Crippen LogP contribution in [-0.4, -0.2) is 23.4 Å². The van der Waals surface area contributed by atoms with E-state index in [1.54, 1.807) is 23.1 Å².